The number of nitrogens with zero attached hydrogens (tertiary/aromatic N) is 1. The zero-order valence-corrected chi connectivity index (χ0v) is 12.1. The van der Waals surface area contributed by atoms with Crippen LogP contribution in [0.1, 0.15) is 19.8 Å². The molecule has 0 bridgehead atoms. The first kappa shape index (κ1) is 15.7. The summed E-state index contributed by atoms with van der Waals surface area (Å²) < 4.78 is 31.1. The number of carbonyl (C=O) groups excluding carboxylic acids is 1. The van der Waals surface area contributed by atoms with Crippen LogP contribution in [-0.4, -0.2) is 43.1 Å². The van der Waals surface area contributed by atoms with Crippen molar-refractivity contribution in [1.29, 1.82) is 0 Å². The van der Waals surface area contributed by atoms with Gasteiger partial charge in [-0.15, -0.1) is 0 Å². The van der Waals surface area contributed by atoms with Gasteiger partial charge >= 0.3 is 0 Å². The van der Waals surface area contributed by atoms with Crippen LogP contribution in [0.5, 0.6) is 5.75 Å². The van der Waals surface area contributed by atoms with Crippen molar-refractivity contribution in [2.75, 3.05) is 26.2 Å². The molecule has 1 N–H and O–H groups in total. The third-order valence-electron chi connectivity index (χ3n) is 3.50. The Morgan fingerprint density at radius 3 is 2.71 bits per heavy atom. The lowest BCUT2D eigenvalue weighted by atomic mass is 10.3. The molecule has 1 amide bonds. The number of halogens is 2. The van der Waals surface area contributed by atoms with Crippen molar-refractivity contribution in [3.8, 4) is 5.75 Å². The largest absolute Gasteiger partial charge is 0.481 e. The molecule has 1 heterocycles. The van der Waals surface area contributed by atoms with Gasteiger partial charge in [0.2, 0.25) is 0 Å². The Hall–Kier alpha value is -1.69. The van der Waals surface area contributed by atoms with E-state index in [1.54, 1.807) is 6.92 Å². The Morgan fingerprint density at radius 2 is 2.05 bits per heavy atom. The molecule has 0 unspecified atom stereocenters. The molecule has 4 nitrogen and oxygen atoms in total. The number of benzene rings is 1. The quantitative estimate of drug-likeness (QED) is 0.873. The lowest BCUT2D eigenvalue weighted by Crippen LogP contribution is -2.40. The third-order valence-corrected chi connectivity index (χ3v) is 3.50. The Morgan fingerprint density at radius 1 is 1.33 bits per heavy atom. The summed E-state index contributed by atoms with van der Waals surface area (Å²) in [5.74, 6) is -2.06. The Balaban J connectivity index is 1.74. The molecule has 0 aliphatic carbocycles. The predicted octanol–water partition coefficient (Wildman–Crippen LogP) is 1.94. The summed E-state index contributed by atoms with van der Waals surface area (Å²) in [6, 6.07) is 3.21. The van der Waals surface area contributed by atoms with Gasteiger partial charge in [0, 0.05) is 19.2 Å². The van der Waals surface area contributed by atoms with Gasteiger partial charge in [0.25, 0.3) is 5.91 Å². The van der Waals surface area contributed by atoms with E-state index in [-0.39, 0.29) is 11.7 Å². The normalized spacial score (nSPS) is 16.7. The molecular formula is C15H20F2N2O2. The van der Waals surface area contributed by atoms with Gasteiger partial charge in [-0.3, -0.25) is 4.79 Å². The minimum absolute atomic E-state index is 0.135. The van der Waals surface area contributed by atoms with Crippen molar-refractivity contribution in [3.63, 3.8) is 0 Å². The molecule has 1 saturated heterocycles. The fourth-order valence-electron chi connectivity index (χ4n) is 2.29. The SMILES string of the molecule is C[C@@H](Oc1ccc(F)c(F)c1)C(=O)NCCN1CCCC1. The van der Waals surface area contributed by atoms with Crippen LogP contribution < -0.4 is 10.1 Å². The summed E-state index contributed by atoms with van der Waals surface area (Å²) in [6.07, 6.45) is 1.67. The number of likely N-dealkylation sites (tertiary alicyclic amines) is 1. The molecule has 0 saturated carbocycles. The van der Waals surface area contributed by atoms with E-state index in [4.69, 9.17) is 4.74 Å². The van der Waals surface area contributed by atoms with Crippen LogP contribution in [0.3, 0.4) is 0 Å². The van der Waals surface area contributed by atoms with E-state index >= 15 is 0 Å². The van der Waals surface area contributed by atoms with Crippen LogP contribution in [-0.2, 0) is 4.79 Å². The lowest BCUT2D eigenvalue weighted by molar-refractivity contribution is -0.127. The standard InChI is InChI=1S/C15H20F2N2O2/c1-11(21-12-4-5-13(16)14(17)10-12)15(20)18-6-9-19-7-2-3-8-19/h4-5,10-11H,2-3,6-9H2,1H3,(H,18,20)/t11-/m1/s1. The molecule has 0 aromatic heterocycles. The maximum Gasteiger partial charge on any atom is 0.260 e. The van der Waals surface area contributed by atoms with E-state index in [2.05, 4.69) is 10.2 Å². The van der Waals surface area contributed by atoms with E-state index in [1.165, 1.54) is 18.9 Å². The van der Waals surface area contributed by atoms with Crippen molar-refractivity contribution >= 4 is 5.91 Å². The van der Waals surface area contributed by atoms with Crippen molar-refractivity contribution in [2.45, 2.75) is 25.9 Å². The van der Waals surface area contributed by atoms with Crippen LogP contribution in [0, 0.1) is 11.6 Å². The first-order valence-electron chi connectivity index (χ1n) is 7.18. The highest BCUT2D eigenvalue weighted by Gasteiger charge is 2.16. The van der Waals surface area contributed by atoms with E-state index in [0.717, 1.165) is 31.8 Å². The van der Waals surface area contributed by atoms with Crippen LogP contribution in [0.15, 0.2) is 18.2 Å². The summed E-state index contributed by atoms with van der Waals surface area (Å²) in [5, 5.41) is 2.78. The molecule has 1 atom stereocenters. The zero-order valence-electron chi connectivity index (χ0n) is 12.1. The van der Waals surface area contributed by atoms with Gasteiger partial charge in [-0.2, -0.15) is 0 Å². The van der Waals surface area contributed by atoms with Crippen molar-refractivity contribution < 1.29 is 18.3 Å². The van der Waals surface area contributed by atoms with Gasteiger partial charge < -0.3 is 15.0 Å². The van der Waals surface area contributed by atoms with Gasteiger partial charge in [-0.1, -0.05) is 0 Å². The van der Waals surface area contributed by atoms with E-state index in [1.807, 2.05) is 0 Å². The van der Waals surface area contributed by atoms with Crippen molar-refractivity contribution in [3.05, 3.63) is 29.8 Å². The molecule has 21 heavy (non-hydrogen) atoms. The molecule has 0 radical (unpaired) electrons. The van der Waals surface area contributed by atoms with Crippen LogP contribution in [0.2, 0.25) is 0 Å². The summed E-state index contributed by atoms with van der Waals surface area (Å²) >= 11 is 0. The molecule has 0 spiro atoms. The highest BCUT2D eigenvalue weighted by atomic mass is 19.2. The zero-order chi connectivity index (χ0) is 15.2. The molecule has 1 aromatic rings. The van der Waals surface area contributed by atoms with E-state index in [9.17, 15) is 13.6 Å². The molecule has 6 heteroatoms. The number of hydrogen-bond acceptors (Lipinski definition) is 3. The molecular weight excluding hydrogens is 278 g/mol. The Bertz CT molecular complexity index is 491. The van der Waals surface area contributed by atoms with Gasteiger partial charge in [0.05, 0.1) is 0 Å². The van der Waals surface area contributed by atoms with Gasteiger partial charge in [0.1, 0.15) is 5.75 Å². The maximum atomic E-state index is 13.0. The fourth-order valence-corrected chi connectivity index (χ4v) is 2.29. The van der Waals surface area contributed by atoms with Gasteiger partial charge in [-0.05, 0) is 45.0 Å². The first-order chi connectivity index (χ1) is 10.1. The van der Waals surface area contributed by atoms with Crippen molar-refractivity contribution in [1.82, 2.24) is 10.2 Å². The van der Waals surface area contributed by atoms with Crippen LogP contribution in [0.4, 0.5) is 8.78 Å². The van der Waals surface area contributed by atoms with Crippen LogP contribution >= 0.6 is 0 Å². The Labute approximate surface area is 123 Å². The number of hydrogen-bond donors (Lipinski definition) is 1. The lowest BCUT2D eigenvalue weighted by Gasteiger charge is -2.17. The predicted molar refractivity (Wildman–Crippen MR) is 75.1 cm³/mol. The number of rotatable bonds is 6. The minimum atomic E-state index is -0.992. The smallest absolute Gasteiger partial charge is 0.260 e. The maximum absolute atomic E-state index is 13.0. The molecule has 1 aliphatic rings. The number of ether oxygens (including phenoxy) is 1. The highest BCUT2D eigenvalue weighted by Crippen LogP contribution is 2.16. The highest BCUT2D eigenvalue weighted by molar-refractivity contribution is 5.80. The van der Waals surface area contributed by atoms with Crippen molar-refractivity contribution in [2.24, 2.45) is 0 Å². The molecule has 1 aliphatic heterocycles. The summed E-state index contributed by atoms with van der Waals surface area (Å²) in [5.41, 5.74) is 0. The number of amides is 1. The minimum Gasteiger partial charge on any atom is -0.481 e. The summed E-state index contributed by atoms with van der Waals surface area (Å²) in [7, 11) is 0. The average molecular weight is 298 g/mol. The second-order valence-electron chi connectivity index (χ2n) is 5.18. The molecule has 116 valence electrons. The molecule has 1 fully saturated rings. The molecule has 2 rings (SSSR count). The topological polar surface area (TPSA) is 41.6 Å². The Kier molecular flexibility index (Phi) is 5.50. The average Bonchev–Trinajstić information content (AvgIpc) is 2.96. The second-order valence-corrected chi connectivity index (χ2v) is 5.18. The van der Waals surface area contributed by atoms with Gasteiger partial charge in [-0.25, -0.2) is 8.78 Å². The van der Waals surface area contributed by atoms with E-state index < -0.39 is 17.7 Å². The molecule has 1 aromatic carbocycles. The second kappa shape index (κ2) is 7.36. The van der Waals surface area contributed by atoms with E-state index in [0.29, 0.717) is 6.54 Å². The summed E-state index contributed by atoms with van der Waals surface area (Å²) in [6.45, 7) is 5.12. The summed E-state index contributed by atoms with van der Waals surface area (Å²) in [4.78, 5) is 14.1. The third kappa shape index (κ3) is 4.67. The van der Waals surface area contributed by atoms with Gasteiger partial charge in [0.15, 0.2) is 17.7 Å². The first-order valence-corrected chi connectivity index (χ1v) is 7.18. The van der Waals surface area contributed by atoms with Crippen LogP contribution in [0.25, 0.3) is 0 Å². The monoisotopic (exact) mass is 298 g/mol. The fraction of sp³-hybridized carbons (Fsp3) is 0.533. The number of carbonyl (C=O) groups is 1. The number of nitrogens with one attached hydrogen (secondary N) is 1.